The highest BCUT2D eigenvalue weighted by molar-refractivity contribution is 7.89. The van der Waals surface area contributed by atoms with E-state index in [-0.39, 0.29) is 22.2 Å². The van der Waals surface area contributed by atoms with Crippen molar-refractivity contribution in [1.82, 2.24) is 4.31 Å². The Labute approximate surface area is 200 Å². The van der Waals surface area contributed by atoms with Gasteiger partial charge in [0.2, 0.25) is 10.0 Å². The first-order chi connectivity index (χ1) is 16.1. The summed E-state index contributed by atoms with van der Waals surface area (Å²) in [7, 11) is -3.76. The van der Waals surface area contributed by atoms with Gasteiger partial charge < -0.3 is 10.2 Å². The van der Waals surface area contributed by atoms with Crippen molar-refractivity contribution < 1.29 is 17.6 Å². The van der Waals surface area contributed by atoms with Crippen LogP contribution in [-0.2, 0) is 10.0 Å². The molecule has 0 spiro atoms. The van der Waals surface area contributed by atoms with Crippen molar-refractivity contribution >= 4 is 27.3 Å². The summed E-state index contributed by atoms with van der Waals surface area (Å²) in [6.07, 6.45) is 0. The van der Waals surface area contributed by atoms with E-state index in [0.717, 1.165) is 28.1 Å². The molecule has 4 rings (SSSR count). The maximum Gasteiger partial charge on any atom is 0.255 e. The van der Waals surface area contributed by atoms with Crippen LogP contribution in [-0.4, -0.2) is 44.8 Å². The topological polar surface area (TPSA) is 69.7 Å². The summed E-state index contributed by atoms with van der Waals surface area (Å²) in [5, 5.41) is 2.93. The number of piperazine rings is 1. The number of benzene rings is 3. The lowest BCUT2D eigenvalue weighted by Crippen LogP contribution is -2.48. The van der Waals surface area contributed by atoms with Crippen molar-refractivity contribution in [3.63, 3.8) is 0 Å². The zero-order chi connectivity index (χ0) is 24.5. The lowest BCUT2D eigenvalue weighted by molar-refractivity contribution is 0.102. The fraction of sp³-hybridized carbons (Fsp3) is 0.269. The third-order valence-electron chi connectivity index (χ3n) is 6.08. The van der Waals surface area contributed by atoms with Crippen molar-refractivity contribution in [3.8, 4) is 0 Å². The first-order valence-electron chi connectivity index (χ1n) is 11.1. The molecule has 3 aromatic rings. The molecule has 1 aliphatic rings. The number of carbonyl (C=O) groups excluding carboxylic acids is 1. The molecule has 0 bridgehead atoms. The SMILES string of the molecule is Cc1cc(C)c(NC(=O)c2cccc(S(=O)(=O)N3CCN(c4ccc(F)cc4)CC3)c2)c(C)c1. The van der Waals surface area contributed by atoms with Crippen molar-refractivity contribution in [2.45, 2.75) is 25.7 Å². The Bertz CT molecular complexity index is 1290. The lowest BCUT2D eigenvalue weighted by atomic mass is 10.0. The summed E-state index contributed by atoms with van der Waals surface area (Å²) in [6.45, 7) is 7.47. The quantitative estimate of drug-likeness (QED) is 0.582. The van der Waals surface area contributed by atoms with Gasteiger partial charge in [0.05, 0.1) is 4.90 Å². The van der Waals surface area contributed by atoms with Gasteiger partial charge in [-0.05, 0) is 74.4 Å². The molecule has 1 N–H and O–H groups in total. The average molecular weight is 482 g/mol. The highest BCUT2D eigenvalue weighted by atomic mass is 32.2. The highest BCUT2D eigenvalue weighted by Gasteiger charge is 2.29. The maximum absolute atomic E-state index is 13.3. The lowest BCUT2D eigenvalue weighted by Gasteiger charge is -2.35. The number of hydrogen-bond donors (Lipinski definition) is 1. The largest absolute Gasteiger partial charge is 0.369 e. The zero-order valence-electron chi connectivity index (χ0n) is 19.5. The van der Waals surface area contributed by atoms with Gasteiger partial charge in [-0.25, -0.2) is 12.8 Å². The van der Waals surface area contributed by atoms with Crippen LogP contribution in [0.2, 0.25) is 0 Å². The molecule has 0 aromatic heterocycles. The van der Waals surface area contributed by atoms with Gasteiger partial charge in [0.1, 0.15) is 5.82 Å². The average Bonchev–Trinajstić information content (AvgIpc) is 2.82. The molecule has 0 saturated carbocycles. The molecule has 0 unspecified atom stereocenters. The molecular weight excluding hydrogens is 453 g/mol. The van der Waals surface area contributed by atoms with Crippen LogP contribution >= 0.6 is 0 Å². The molecule has 0 aliphatic carbocycles. The Hall–Kier alpha value is -3.23. The van der Waals surface area contributed by atoms with Gasteiger partial charge in [-0.15, -0.1) is 0 Å². The second kappa shape index (κ2) is 9.56. The van der Waals surface area contributed by atoms with Gasteiger partial charge >= 0.3 is 0 Å². The van der Waals surface area contributed by atoms with E-state index in [4.69, 9.17) is 0 Å². The number of aryl methyl sites for hydroxylation is 3. The Kier molecular flexibility index (Phi) is 6.72. The molecule has 34 heavy (non-hydrogen) atoms. The summed E-state index contributed by atoms with van der Waals surface area (Å²) in [5.41, 5.74) is 4.90. The summed E-state index contributed by atoms with van der Waals surface area (Å²) in [5.74, 6) is -0.658. The van der Waals surface area contributed by atoms with Crippen LogP contribution in [0.4, 0.5) is 15.8 Å². The standard InChI is InChI=1S/C26H28FN3O3S/c1-18-15-19(2)25(20(3)16-18)28-26(31)21-5-4-6-24(17-21)34(32,33)30-13-11-29(12-14-30)23-9-7-22(27)8-10-23/h4-10,15-17H,11-14H2,1-3H3,(H,28,31). The molecular formula is C26H28FN3O3S. The third-order valence-corrected chi connectivity index (χ3v) is 7.97. The zero-order valence-corrected chi connectivity index (χ0v) is 20.3. The van der Waals surface area contributed by atoms with E-state index >= 15 is 0 Å². The number of halogens is 1. The van der Waals surface area contributed by atoms with E-state index in [2.05, 4.69) is 5.32 Å². The second-order valence-corrected chi connectivity index (χ2v) is 10.6. The van der Waals surface area contributed by atoms with E-state index in [9.17, 15) is 17.6 Å². The minimum Gasteiger partial charge on any atom is -0.369 e. The second-order valence-electron chi connectivity index (χ2n) is 8.62. The molecule has 0 atom stereocenters. The minimum atomic E-state index is -3.76. The van der Waals surface area contributed by atoms with Gasteiger partial charge in [-0.1, -0.05) is 23.8 Å². The van der Waals surface area contributed by atoms with Crippen LogP contribution in [0.15, 0.2) is 65.6 Å². The van der Waals surface area contributed by atoms with Crippen molar-refractivity contribution in [3.05, 3.63) is 88.7 Å². The number of carbonyl (C=O) groups is 1. The van der Waals surface area contributed by atoms with Gasteiger partial charge in [0, 0.05) is 43.1 Å². The monoisotopic (exact) mass is 481 g/mol. The predicted octanol–water partition coefficient (Wildman–Crippen LogP) is 4.51. The summed E-state index contributed by atoms with van der Waals surface area (Å²) >= 11 is 0. The van der Waals surface area contributed by atoms with Crippen LogP contribution in [0.1, 0.15) is 27.0 Å². The van der Waals surface area contributed by atoms with Gasteiger partial charge in [-0.3, -0.25) is 4.79 Å². The Morgan fingerprint density at radius 2 is 1.50 bits per heavy atom. The number of rotatable bonds is 5. The summed E-state index contributed by atoms with van der Waals surface area (Å²) in [6, 6.07) is 16.3. The fourth-order valence-electron chi connectivity index (χ4n) is 4.35. The van der Waals surface area contributed by atoms with Crippen molar-refractivity contribution in [2.75, 3.05) is 36.4 Å². The van der Waals surface area contributed by atoms with Crippen LogP contribution < -0.4 is 10.2 Å². The number of amides is 1. The summed E-state index contributed by atoms with van der Waals surface area (Å²) in [4.78, 5) is 15.0. The number of sulfonamides is 1. The van der Waals surface area contributed by atoms with Gasteiger partial charge in [-0.2, -0.15) is 4.31 Å². The van der Waals surface area contributed by atoms with Gasteiger partial charge in [0.15, 0.2) is 0 Å². The number of nitrogens with zero attached hydrogens (tertiary/aromatic N) is 2. The predicted molar refractivity (Wildman–Crippen MR) is 132 cm³/mol. The molecule has 1 heterocycles. The van der Waals surface area contributed by atoms with Crippen LogP contribution in [0, 0.1) is 26.6 Å². The summed E-state index contributed by atoms with van der Waals surface area (Å²) < 4.78 is 41.2. The Morgan fingerprint density at radius 3 is 2.12 bits per heavy atom. The molecule has 3 aromatic carbocycles. The Morgan fingerprint density at radius 1 is 0.882 bits per heavy atom. The molecule has 1 amide bonds. The number of anilines is 2. The molecule has 0 radical (unpaired) electrons. The van der Waals surface area contributed by atoms with Gasteiger partial charge in [0.25, 0.3) is 5.91 Å². The van der Waals surface area contributed by atoms with Crippen LogP contribution in [0.5, 0.6) is 0 Å². The Balaban J connectivity index is 1.48. The molecule has 178 valence electrons. The minimum absolute atomic E-state index is 0.0905. The molecule has 8 heteroatoms. The van der Waals surface area contributed by atoms with E-state index in [0.29, 0.717) is 26.2 Å². The fourth-order valence-corrected chi connectivity index (χ4v) is 5.82. The third kappa shape index (κ3) is 4.98. The van der Waals surface area contributed by atoms with E-state index in [1.807, 2.05) is 37.8 Å². The first-order valence-corrected chi connectivity index (χ1v) is 12.6. The van der Waals surface area contributed by atoms with E-state index < -0.39 is 10.0 Å². The molecule has 6 nitrogen and oxygen atoms in total. The van der Waals surface area contributed by atoms with Crippen molar-refractivity contribution in [1.29, 1.82) is 0 Å². The molecule has 1 aliphatic heterocycles. The maximum atomic E-state index is 13.3. The number of hydrogen-bond acceptors (Lipinski definition) is 4. The van der Waals surface area contributed by atoms with Crippen LogP contribution in [0.25, 0.3) is 0 Å². The highest BCUT2D eigenvalue weighted by Crippen LogP contribution is 2.25. The number of nitrogens with one attached hydrogen (secondary N) is 1. The molecule has 1 fully saturated rings. The van der Waals surface area contributed by atoms with E-state index in [1.165, 1.54) is 28.6 Å². The smallest absolute Gasteiger partial charge is 0.255 e. The normalized spacial score (nSPS) is 14.8. The van der Waals surface area contributed by atoms with Crippen LogP contribution in [0.3, 0.4) is 0 Å². The first kappa shape index (κ1) is 23.9. The molecule has 1 saturated heterocycles. The van der Waals surface area contributed by atoms with Crippen molar-refractivity contribution in [2.24, 2.45) is 0 Å². The van der Waals surface area contributed by atoms with E-state index in [1.54, 1.807) is 24.3 Å².